The lowest BCUT2D eigenvalue weighted by Gasteiger charge is -2.38. The molecule has 2 aliphatic carbocycles. The molecule has 5 atom stereocenters. The lowest BCUT2D eigenvalue weighted by atomic mass is 9.78. The van der Waals surface area contributed by atoms with Crippen molar-refractivity contribution >= 4 is 29.1 Å². The van der Waals surface area contributed by atoms with Crippen LogP contribution in [-0.4, -0.2) is 23.3 Å². The molecule has 1 N–H and O–H groups in total. The predicted octanol–water partition coefficient (Wildman–Crippen LogP) is 2.21. The lowest BCUT2D eigenvalue weighted by molar-refractivity contribution is -0.144. The number of thiazole rings is 1. The smallest absolute Gasteiger partial charge is 0.314 e. The fourth-order valence-corrected chi connectivity index (χ4v) is 7.09. The van der Waals surface area contributed by atoms with Crippen LogP contribution in [0.2, 0.25) is 0 Å². The number of fused-ring (bicyclic) bond motifs is 6. The third kappa shape index (κ3) is 1.59. The van der Waals surface area contributed by atoms with Gasteiger partial charge in [0.05, 0.1) is 22.9 Å². The van der Waals surface area contributed by atoms with Crippen molar-refractivity contribution in [2.75, 3.05) is 7.11 Å². The van der Waals surface area contributed by atoms with E-state index in [1.165, 1.54) is 37.7 Å². The number of H-pyrrole nitrogens is 1. The Morgan fingerprint density at radius 2 is 2.16 bits per heavy atom. The normalized spacial score (nSPS) is 38.9. The van der Waals surface area contributed by atoms with Gasteiger partial charge in [0.2, 0.25) is 0 Å². The van der Waals surface area contributed by atoms with Crippen LogP contribution in [0.1, 0.15) is 30.1 Å². The van der Waals surface area contributed by atoms with Gasteiger partial charge in [0, 0.05) is 5.25 Å². The fourth-order valence-electron chi connectivity index (χ4n) is 4.24. The van der Waals surface area contributed by atoms with Gasteiger partial charge in [-0.25, -0.2) is 0 Å². The van der Waals surface area contributed by atoms with Crippen molar-refractivity contribution in [1.29, 1.82) is 0 Å². The number of thioether (sulfide) groups is 1. The Hall–Kier alpha value is -0.750. The second-order valence-electron chi connectivity index (χ2n) is 5.70. The quantitative estimate of drug-likeness (QED) is 0.807. The number of aromatic nitrogens is 1. The minimum Gasteiger partial charge on any atom is -0.469 e. The number of rotatable bonds is 1. The number of carbonyl (C=O) groups is 1. The molecule has 0 radical (unpaired) electrons. The first-order valence-corrected chi connectivity index (χ1v) is 8.36. The summed E-state index contributed by atoms with van der Waals surface area (Å²) in [5.74, 6) is 1.33. The molecule has 19 heavy (non-hydrogen) atoms. The Labute approximate surface area is 118 Å². The van der Waals surface area contributed by atoms with E-state index in [-0.39, 0.29) is 16.8 Å². The summed E-state index contributed by atoms with van der Waals surface area (Å²) in [4.78, 5) is 27.6. The fraction of sp³-hybridized carbons (Fsp3) is 0.692. The Kier molecular flexibility index (Phi) is 2.61. The van der Waals surface area contributed by atoms with Gasteiger partial charge in [-0.05, 0) is 37.0 Å². The maximum absolute atomic E-state index is 12.2. The summed E-state index contributed by atoms with van der Waals surface area (Å²) in [6.45, 7) is 0. The maximum Gasteiger partial charge on any atom is 0.314 e. The Balaban J connectivity index is 1.84. The topological polar surface area (TPSA) is 59.2 Å². The molecule has 0 amide bonds. The molecule has 2 bridgehead atoms. The molecule has 1 aromatic rings. The molecule has 4 nitrogen and oxygen atoms in total. The summed E-state index contributed by atoms with van der Waals surface area (Å²) in [5.41, 5.74) is 0. The average Bonchev–Trinajstić information content (AvgIpc) is 3.07. The summed E-state index contributed by atoms with van der Waals surface area (Å²) in [6.07, 6.45) is 3.75. The van der Waals surface area contributed by atoms with E-state index in [9.17, 15) is 9.59 Å². The van der Waals surface area contributed by atoms with Gasteiger partial charge in [0.1, 0.15) is 0 Å². The van der Waals surface area contributed by atoms with Crippen LogP contribution in [0.4, 0.5) is 0 Å². The van der Waals surface area contributed by atoms with Crippen molar-refractivity contribution in [3.8, 4) is 0 Å². The summed E-state index contributed by atoms with van der Waals surface area (Å²) in [6, 6.07) is 0. The van der Waals surface area contributed by atoms with Crippen LogP contribution in [0.5, 0.6) is 0 Å². The van der Waals surface area contributed by atoms with Crippen molar-refractivity contribution in [3.05, 3.63) is 14.5 Å². The number of esters is 1. The van der Waals surface area contributed by atoms with Gasteiger partial charge in [-0.2, -0.15) is 0 Å². The van der Waals surface area contributed by atoms with E-state index in [2.05, 4.69) is 4.98 Å². The summed E-state index contributed by atoms with van der Waals surface area (Å²) in [7, 11) is 1.45. The minimum atomic E-state index is -0.217. The molecule has 0 saturated heterocycles. The van der Waals surface area contributed by atoms with E-state index >= 15 is 0 Å². The highest BCUT2D eigenvalue weighted by atomic mass is 32.2. The first-order chi connectivity index (χ1) is 9.19. The van der Waals surface area contributed by atoms with E-state index in [1.54, 1.807) is 11.8 Å². The second-order valence-corrected chi connectivity index (χ2v) is 7.90. The molecule has 1 aromatic heterocycles. The van der Waals surface area contributed by atoms with Gasteiger partial charge < -0.3 is 9.72 Å². The van der Waals surface area contributed by atoms with Crippen LogP contribution in [0.15, 0.2) is 9.82 Å². The highest BCUT2D eigenvalue weighted by Gasteiger charge is 2.56. The van der Waals surface area contributed by atoms with Gasteiger partial charge >= 0.3 is 10.8 Å². The lowest BCUT2D eigenvalue weighted by Crippen LogP contribution is -2.37. The molecule has 6 heteroatoms. The van der Waals surface area contributed by atoms with E-state index in [0.29, 0.717) is 23.0 Å². The van der Waals surface area contributed by atoms with Gasteiger partial charge in [-0.3, -0.25) is 9.59 Å². The highest BCUT2D eigenvalue weighted by molar-refractivity contribution is 8.00. The molecule has 4 rings (SSSR count). The first kappa shape index (κ1) is 12.0. The average molecular weight is 297 g/mol. The number of hydrogen-bond donors (Lipinski definition) is 1. The highest BCUT2D eigenvalue weighted by Crippen LogP contribution is 2.62. The van der Waals surface area contributed by atoms with E-state index < -0.39 is 0 Å². The van der Waals surface area contributed by atoms with Gasteiger partial charge in [0.15, 0.2) is 0 Å². The van der Waals surface area contributed by atoms with Gasteiger partial charge in [0.25, 0.3) is 0 Å². The number of hydrogen-bond acceptors (Lipinski definition) is 5. The van der Waals surface area contributed by atoms with Gasteiger partial charge in [-0.15, -0.1) is 11.8 Å². The minimum absolute atomic E-state index is 0.0567. The number of aromatic amines is 1. The Morgan fingerprint density at radius 1 is 1.37 bits per heavy atom. The molecular weight excluding hydrogens is 282 g/mol. The second kappa shape index (κ2) is 4.12. The molecule has 3 aliphatic rings. The SMILES string of the molecule is COC(=O)C1c2sc(=O)[nH]c2SC2C3CCC(C3)C12. The largest absolute Gasteiger partial charge is 0.469 e. The van der Waals surface area contributed by atoms with Crippen LogP contribution in [0.25, 0.3) is 0 Å². The zero-order chi connectivity index (χ0) is 13.1. The van der Waals surface area contributed by atoms with Crippen LogP contribution in [0, 0.1) is 17.8 Å². The number of carbonyl (C=O) groups excluding carboxylic acids is 1. The molecule has 1 aliphatic heterocycles. The predicted molar refractivity (Wildman–Crippen MR) is 73.7 cm³/mol. The Morgan fingerprint density at radius 3 is 2.95 bits per heavy atom. The van der Waals surface area contributed by atoms with Gasteiger partial charge in [-0.1, -0.05) is 11.3 Å². The third-order valence-electron chi connectivity index (χ3n) is 4.92. The standard InChI is InChI=1S/C13H15NO3S2/c1-17-12(15)8-7-5-2-3-6(4-5)9(7)18-11-10(8)19-13(16)14-11/h5-9H,2-4H2,1H3,(H,14,16). The maximum atomic E-state index is 12.2. The molecule has 0 spiro atoms. The third-order valence-corrected chi connectivity index (χ3v) is 7.54. The van der Waals surface area contributed by atoms with Crippen molar-refractivity contribution < 1.29 is 9.53 Å². The Bertz CT molecular complexity index is 593. The number of methoxy groups -OCH3 is 1. The number of nitrogens with one attached hydrogen (secondary N) is 1. The van der Waals surface area contributed by atoms with Crippen molar-refractivity contribution in [1.82, 2.24) is 4.98 Å². The molecule has 2 heterocycles. The molecule has 0 aromatic carbocycles. The van der Waals surface area contributed by atoms with Crippen LogP contribution < -0.4 is 4.87 Å². The van der Waals surface area contributed by atoms with E-state index in [4.69, 9.17) is 4.74 Å². The summed E-state index contributed by atoms with van der Waals surface area (Å²) in [5, 5.41) is 1.40. The van der Waals surface area contributed by atoms with Crippen LogP contribution in [0.3, 0.4) is 0 Å². The van der Waals surface area contributed by atoms with E-state index in [0.717, 1.165) is 9.90 Å². The van der Waals surface area contributed by atoms with E-state index in [1.807, 2.05) is 0 Å². The van der Waals surface area contributed by atoms with Crippen molar-refractivity contribution in [3.63, 3.8) is 0 Å². The molecule has 2 fully saturated rings. The zero-order valence-corrected chi connectivity index (χ0v) is 12.2. The molecule has 2 saturated carbocycles. The van der Waals surface area contributed by atoms with Crippen molar-refractivity contribution in [2.45, 2.75) is 35.5 Å². The molecular formula is C13H15NO3S2. The number of ether oxygens (including phenoxy) is 1. The monoisotopic (exact) mass is 297 g/mol. The van der Waals surface area contributed by atoms with Crippen LogP contribution in [-0.2, 0) is 9.53 Å². The zero-order valence-electron chi connectivity index (χ0n) is 10.5. The summed E-state index contributed by atoms with van der Waals surface area (Å²) >= 11 is 2.98. The first-order valence-electron chi connectivity index (χ1n) is 6.66. The van der Waals surface area contributed by atoms with Crippen LogP contribution >= 0.6 is 23.1 Å². The summed E-state index contributed by atoms with van der Waals surface area (Å²) < 4.78 is 5.01. The molecule has 102 valence electrons. The van der Waals surface area contributed by atoms with Crippen molar-refractivity contribution in [2.24, 2.45) is 17.8 Å². The molecule has 5 unspecified atom stereocenters.